The Labute approximate surface area is 110 Å². The number of amides is 1. The van der Waals surface area contributed by atoms with Crippen LogP contribution >= 0.6 is 11.3 Å². The van der Waals surface area contributed by atoms with E-state index in [4.69, 9.17) is 0 Å². The molecular formula is C12H17N3O2S. The Balaban J connectivity index is 2.11. The van der Waals surface area contributed by atoms with Gasteiger partial charge in [-0.25, -0.2) is 4.98 Å². The predicted octanol–water partition coefficient (Wildman–Crippen LogP) is 1.09. The number of fused-ring (bicyclic) bond motifs is 1. The Morgan fingerprint density at radius 2 is 2.39 bits per heavy atom. The third-order valence-corrected chi connectivity index (χ3v) is 3.59. The zero-order valence-corrected chi connectivity index (χ0v) is 11.6. The number of aromatic nitrogens is 2. The molecule has 0 spiro atoms. The molecule has 0 saturated heterocycles. The van der Waals surface area contributed by atoms with E-state index in [9.17, 15) is 9.90 Å². The number of nitrogens with zero attached hydrogens (tertiary/aromatic N) is 3. The maximum absolute atomic E-state index is 12.0. The molecule has 0 aliphatic rings. The van der Waals surface area contributed by atoms with Crippen molar-refractivity contribution >= 4 is 22.2 Å². The Hall–Kier alpha value is -1.40. The highest BCUT2D eigenvalue weighted by Crippen LogP contribution is 2.17. The monoisotopic (exact) mass is 267 g/mol. The van der Waals surface area contributed by atoms with E-state index in [2.05, 4.69) is 4.98 Å². The van der Waals surface area contributed by atoms with Crippen LogP contribution in [0.5, 0.6) is 0 Å². The van der Waals surface area contributed by atoms with Gasteiger partial charge in [0, 0.05) is 30.9 Å². The first-order chi connectivity index (χ1) is 8.47. The normalized spacial score (nSPS) is 12.9. The molecular weight excluding hydrogens is 250 g/mol. The maximum Gasteiger partial charge on any atom is 0.228 e. The van der Waals surface area contributed by atoms with Gasteiger partial charge >= 0.3 is 0 Å². The van der Waals surface area contributed by atoms with Gasteiger partial charge in [0.05, 0.1) is 18.2 Å². The van der Waals surface area contributed by atoms with Gasteiger partial charge in [-0.1, -0.05) is 0 Å². The fourth-order valence-electron chi connectivity index (χ4n) is 1.86. The Bertz CT molecular complexity index is 559. The van der Waals surface area contributed by atoms with Gasteiger partial charge in [0.25, 0.3) is 0 Å². The van der Waals surface area contributed by atoms with Crippen molar-refractivity contribution in [2.45, 2.75) is 26.4 Å². The fraction of sp³-hybridized carbons (Fsp3) is 0.500. The summed E-state index contributed by atoms with van der Waals surface area (Å²) in [5.74, 6) is 0.00181. The van der Waals surface area contributed by atoms with Gasteiger partial charge in [0.15, 0.2) is 4.96 Å². The van der Waals surface area contributed by atoms with Crippen molar-refractivity contribution in [3.05, 3.63) is 23.0 Å². The molecule has 0 saturated carbocycles. The van der Waals surface area contributed by atoms with Crippen LogP contribution in [0.25, 0.3) is 4.96 Å². The molecule has 0 fully saturated rings. The number of hydrogen-bond donors (Lipinski definition) is 1. The Kier molecular flexibility index (Phi) is 3.68. The van der Waals surface area contributed by atoms with E-state index in [0.29, 0.717) is 13.0 Å². The number of imidazole rings is 1. The van der Waals surface area contributed by atoms with Crippen LogP contribution in [-0.4, -0.2) is 45.0 Å². The lowest BCUT2D eigenvalue weighted by molar-refractivity contribution is -0.130. The molecule has 5 nitrogen and oxygen atoms in total. The van der Waals surface area contributed by atoms with E-state index >= 15 is 0 Å². The van der Waals surface area contributed by atoms with Crippen LogP contribution in [-0.2, 0) is 11.2 Å². The van der Waals surface area contributed by atoms with E-state index in [0.717, 1.165) is 16.3 Å². The molecule has 98 valence electrons. The molecule has 6 heteroatoms. The van der Waals surface area contributed by atoms with Crippen molar-refractivity contribution in [1.29, 1.82) is 0 Å². The second-order valence-corrected chi connectivity index (χ2v) is 5.40. The summed E-state index contributed by atoms with van der Waals surface area (Å²) in [7, 11) is 1.71. The van der Waals surface area contributed by atoms with E-state index in [1.165, 1.54) is 11.3 Å². The first kappa shape index (κ1) is 13.0. The molecule has 2 aromatic rings. The van der Waals surface area contributed by atoms with Crippen molar-refractivity contribution in [1.82, 2.24) is 14.3 Å². The second-order valence-electron chi connectivity index (χ2n) is 4.56. The number of hydrogen-bond acceptors (Lipinski definition) is 4. The molecule has 0 radical (unpaired) electrons. The van der Waals surface area contributed by atoms with Crippen LogP contribution in [0.2, 0.25) is 0 Å². The number of carbonyl (C=O) groups is 1. The fourth-order valence-corrected chi connectivity index (χ4v) is 2.78. The lowest BCUT2D eigenvalue weighted by Crippen LogP contribution is -2.34. The van der Waals surface area contributed by atoms with Crippen LogP contribution < -0.4 is 0 Å². The predicted molar refractivity (Wildman–Crippen MR) is 70.8 cm³/mol. The molecule has 2 rings (SSSR count). The second kappa shape index (κ2) is 5.07. The minimum absolute atomic E-state index is 0.00181. The third kappa shape index (κ3) is 2.70. The SMILES string of the molecule is Cc1cn2c(CC(=O)N(C)CC(C)O)csc2n1. The van der Waals surface area contributed by atoms with E-state index in [-0.39, 0.29) is 5.91 Å². The van der Waals surface area contributed by atoms with Crippen LogP contribution in [0.1, 0.15) is 18.3 Å². The number of likely N-dealkylation sites (N-methyl/N-ethyl adjacent to an activating group) is 1. The van der Waals surface area contributed by atoms with Crippen molar-refractivity contribution in [2.24, 2.45) is 0 Å². The third-order valence-electron chi connectivity index (χ3n) is 2.70. The van der Waals surface area contributed by atoms with E-state index in [1.807, 2.05) is 22.9 Å². The van der Waals surface area contributed by atoms with Gasteiger partial charge in [-0.05, 0) is 13.8 Å². The number of rotatable bonds is 4. The quantitative estimate of drug-likeness (QED) is 0.902. The van der Waals surface area contributed by atoms with Crippen LogP contribution in [0.15, 0.2) is 11.6 Å². The summed E-state index contributed by atoms with van der Waals surface area (Å²) >= 11 is 1.53. The van der Waals surface area contributed by atoms with Crippen molar-refractivity contribution in [2.75, 3.05) is 13.6 Å². The smallest absolute Gasteiger partial charge is 0.228 e. The first-order valence-corrected chi connectivity index (χ1v) is 6.69. The number of thiazole rings is 1. The number of aliphatic hydroxyl groups is 1. The zero-order valence-electron chi connectivity index (χ0n) is 10.8. The van der Waals surface area contributed by atoms with Crippen molar-refractivity contribution in [3.63, 3.8) is 0 Å². The van der Waals surface area contributed by atoms with Gasteiger partial charge < -0.3 is 10.0 Å². The summed E-state index contributed by atoms with van der Waals surface area (Å²) < 4.78 is 1.95. The lowest BCUT2D eigenvalue weighted by Gasteiger charge is -2.18. The summed E-state index contributed by atoms with van der Waals surface area (Å²) in [5.41, 5.74) is 1.89. The van der Waals surface area contributed by atoms with Gasteiger partial charge in [0.2, 0.25) is 5.91 Å². The Morgan fingerprint density at radius 1 is 1.67 bits per heavy atom. The molecule has 2 aromatic heterocycles. The highest BCUT2D eigenvalue weighted by molar-refractivity contribution is 7.15. The standard InChI is InChI=1S/C12H17N3O2S/c1-8-5-15-10(7-18-12(15)13-8)4-11(17)14(3)6-9(2)16/h5,7,9,16H,4,6H2,1-3H3. The summed E-state index contributed by atoms with van der Waals surface area (Å²) in [6, 6.07) is 0. The summed E-state index contributed by atoms with van der Waals surface area (Å²) in [6.07, 6.45) is 1.76. The Morgan fingerprint density at radius 3 is 3.06 bits per heavy atom. The molecule has 0 bridgehead atoms. The van der Waals surface area contributed by atoms with E-state index in [1.54, 1.807) is 18.9 Å². The van der Waals surface area contributed by atoms with Gasteiger partial charge in [-0.2, -0.15) is 0 Å². The number of aliphatic hydroxyl groups excluding tert-OH is 1. The van der Waals surface area contributed by atoms with E-state index < -0.39 is 6.10 Å². The minimum atomic E-state index is -0.503. The number of carbonyl (C=O) groups excluding carboxylic acids is 1. The number of aryl methyl sites for hydroxylation is 1. The highest BCUT2D eigenvalue weighted by atomic mass is 32.1. The summed E-state index contributed by atoms with van der Waals surface area (Å²) in [5, 5.41) is 11.2. The highest BCUT2D eigenvalue weighted by Gasteiger charge is 2.14. The minimum Gasteiger partial charge on any atom is -0.392 e. The van der Waals surface area contributed by atoms with Crippen LogP contribution in [0, 0.1) is 6.92 Å². The molecule has 1 amide bonds. The average Bonchev–Trinajstić information content (AvgIpc) is 2.78. The molecule has 18 heavy (non-hydrogen) atoms. The zero-order chi connectivity index (χ0) is 13.3. The molecule has 0 aliphatic carbocycles. The first-order valence-electron chi connectivity index (χ1n) is 5.81. The molecule has 0 aliphatic heterocycles. The maximum atomic E-state index is 12.0. The molecule has 1 unspecified atom stereocenters. The average molecular weight is 267 g/mol. The molecule has 2 heterocycles. The lowest BCUT2D eigenvalue weighted by atomic mass is 10.3. The van der Waals surface area contributed by atoms with Gasteiger partial charge in [0.1, 0.15) is 0 Å². The van der Waals surface area contributed by atoms with Crippen LogP contribution in [0.4, 0.5) is 0 Å². The topological polar surface area (TPSA) is 57.8 Å². The van der Waals surface area contributed by atoms with Gasteiger partial charge in [-0.15, -0.1) is 11.3 Å². The summed E-state index contributed by atoms with van der Waals surface area (Å²) in [4.78, 5) is 18.8. The van der Waals surface area contributed by atoms with Crippen molar-refractivity contribution < 1.29 is 9.90 Å². The summed E-state index contributed by atoms with van der Waals surface area (Å²) in [6.45, 7) is 3.96. The van der Waals surface area contributed by atoms with Crippen LogP contribution in [0.3, 0.4) is 0 Å². The van der Waals surface area contributed by atoms with Gasteiger partial charge in [-0.3, -0.25) is 9.20 Å². The molecule has 1 N–H and O–H groups in total. The molecule has 0 aromatic carbocycles. The van der Waals surface area contributed by atoms with Crippen molar-refractivity contribution in [3.8, 4) is 0 Å². The molecule has 1 atom stereocenters. The largest absolute Gasteiger partial charge is 0.392 e.